The summed E-state index contributed by atoms with van der Waals surface area (Å²) in [7, 11) is 1.31. The maximum atomic E-state index is 12.8. The first kappa shape index (κ1) is 24.0. The highest BCUT2D eigenvalue weighted by Crippen LogP contribution is 2.33. The molecular formula is C26H22N2O6S. The lowest BCUT2D eigenvalue weighted by Gasteiger charge is -2.13. The molecular weight excluding hydrogens is 468 g/mol. The van der Waals surface area contributed by atoms with Gasteiger partial charge in [-0.05, 0) is 61.5 Å². The second kappa shape index (κ2) is 10.0. The molecule has 8 nitrogen and oxygen atoms in total. The van der Waals surface area contributed by atoms with Crippen LogP contribution in [0.3, 0.4) is 0 Å². The van der Waals surface area contributed by atoms with Gasteiger partial charge in [0.1, 0.15) is 18.1 Å². The van der Waals surface area contributed by atoms with Crippen molar-refractivity contribution < 1.29 is 28.3 Å². The predicted molar refractivity (Wildman–Crippen MR) is 133 cm³/mol. The second-order valence-electron chi connectivity index (χ2n) is 7.91. The highest BCUT2D eigenvalue weighted by atomic mass is 32.2. The summed E-state index contributed by atoms with van der Waals surface area (Å²) in [5.74, 6) is -0.551. The number of thioether (sulfide) groups is 1. The number of carbonyl (C=O) groups is 4. The molecule has 9 heteroatoms. The molecule has 0 spiro atoms. The Bertz CT molecular complexity index is 1360. The molecule has 0 atom stereocenters. The topological polar surface area (TPSA) is 106 Å². The van der Waals surface area contributed by atoms with Gasteiger partial charge in [0.2, 0.25) is 5.91 Å². The number of methoxy groups -OCH3 is 1. The molecule has 0 aliphatic carbocycles. The van der Waals surface area contributed by atoms with Crippen LogP contribution in [0.15, 0.2) is 63.9 Å². The zero-order valence-electron chi connectivity index (χ0n) is 19.3. The number of nitrogens with zero attached hydrogens (tertiary/aromatic N) is 1. The van der Waals surface area contributed by atoms with E-state index in [9.17, 15) is 19.2 Å². The number of benzene rings is 2. The molecule has 4 rings (SSSR count). The predicted octanol–water partition coefficient (Wildman–Crippen LogP) is 5.03. The van der Waals surface area contributed by atoms with Crippen molar-refractivity contribution >= 4 is 46.5 Å². The number of hydrogen-bond acceptors (Lipinski definition) is 7. The number of esters is 1. The van der Waals surface area contributed by atoms with Crippen molar-refractivity contribution in [3.05, 3.63) is 82.0 Å². The molecule has 1 aliphatic heterocycles. The Morgan fingerprint density at radius 1 is 1.06 bits per heavy atom. The first-order chi connectivity index (χ1) is 16.7. The molecule has 35 heavy (non-hydrogen) atoms. The van der Waals surface area contributed by atoms with E-state index in [4.69, 9.17) is 4.42 Å². The number of nitrogens with one attached hydrogen (secondary N) is 1. The van der Waals surface area contributed by atoms with Gasteiger partial charge in [-0.25, -0.2) is 4.79 Å². The summed E-state index contributed by atoms with van der Waals surface area (Å²) in [5, 5.41) is 2.22. The van der Waals surface area contributed by atoms with E-state index in [1.165, 1.54) is 13.2 Å². The van der Waals surface area contributed by atoms with E-state index in [1.54, 1.807) is 42.5 Å². The summed E-state index contributed by atoms with van der Waals surface area (Å²) in [6.45, 7) is 3.44. The maximum Gasteiger partial charge on any atom is 0.337 e. The zero-order chi connectivity index (χ0) is 25.1. The van der Waals surface area contributed by atoms with Crippen LogP contribution in [0, 0.1) is 13.8 Å². The molecule has 1 saturated heterocycles. The average molecular weight is 491 g/mol. The van der Waals surface area contributed by atoms with Crippen molar-refractivity contribution in [2.45, 2.75) is 13.8 Å². The third-order valence-electron chi connectivity index (χ3n) is 5.32. The third-order valence-corrected chi connectivity index (χ3v) is 6.23. The van der Waals surface area contributed by atoms with Gasteiger partial charge in [0.05, 0.1) is 17.6 Å². The Morgan fingerprint density at radius 2 is 1.80 bits per heavy atom. The maximum absolute atomic E-state index is 12.8. The van der Waals surface area contributed by atoms with Crippen molar-refractivity contribution in [2.24, 2.45) is 0 Å². The number of ether oxygens (including phenoxy) is 1. The molecule has 1 aliphatic rings. The van der Waals surface area contributed by atoms with Gasteiger partial charge in [0.25, 0.3) is 11.1 Å². The Balaban J connectivity index is 1.44. The summed E-state index contributed by atoms with van der Waals surface area (Å²) in [5.41, 5.74) is 3.73. The molecule has 1 aromatic heterocycles. The van der Waals surface area contributed by atoms with Crippen LogP contribution >= 0.6 is 11.8 Å². The Hall–Kier alpha value is -4.11. The molecule has 1 N–H and O–H groups in total. The van der Waals surface area contributed by atoms with Crippen LogP contribution in [0.1, 0.15) is 27.2 Å². The standard InChI is InChI=1S/C26H22N2O6S/c1-15-4-10-20(16(2)12-15)27-23(29)14-28-24(30)22(35-26(28)32)13-19-9-11-21(34-19)17-5-7-18(8-6-17)25(31)33-3/h4-13H,14H2,1-3H3,(H,27,29)/b22-13+. The van der Waals surface area contributed by atoms with Gasteiger partial charge >= 0.3 is 5.97 Å². The summed E-state index contributed by atoms with van der Waals surface area (Å²) in [6, 6.07) is 15.7. The number of amides is 3. The van der Waals surface area contributed by atoms with E-state index in [2.05, 4.69) is 10.1 Å². The fraction of sp³-hybridized carbons (Fsp3) is 0.154. The number of carbonyl (C=O) groups excluding carboxylic acids is 4. The molecule has 2 aromatic carbocycles. The van der Waals surface area contributed by atoms with E-state index >= 15 is 0 Å². The first-order valence-corrected chi connectivity index (χ1v) is 11.5. The monoisotopic (exact) mass is 490 g/mol. The third kappa shape index (κ3) is 5.36. The van der Waals surface area contributed by atoms with Crippen molar-refractivity contribution in [3.63, 3.8) is 0 Å². The lowest BCUT2D eigenvalue weighted by atomic mass is 10.1. The number of imide groups is 1. The summed E-state index contributed by atoms with van der Waals surface area (Å²) >= 11 is 0.750. The lowest BCUT2D eigenvalue weighted by molar-refractivity contribution is -0.127. The SMILES string of the molecule is COC(=O)c1ccc(-c2ccc(/C=C3/SC(=O)N(CC(=O)Nc4ccc(C)cc4C)C3=O)o2)cc1. The molecule has 2 heterocycles. The van der Waals surface area contributed by atoms with Crippen LogP contribution in [0.25, 0.3) is 17.4 Å². The average Bonchev–Trinajstić information content (AvgIpc) is 3.41. The van der Waals surface area contributed by atoms with Gasteiger partial charge < -0.3 is 14.5 Å². The molecule has 178 valence electrons. The number of aryl methyl sites for hydroxylation is 2. The molecule has 1 fully saturated rings. The number of furan rings is 1. The van der Waals surface area contributed by atoms with Gasteiger partial charge in [-0.15, -0.1) is 0 Å². The highest BCUT2D eigenvalue weighted by molar-refractivity contribution is 8.18. The normalized spacial score (nSPS) is 14.5. The first-order valence-electron chi connectivity index (χ1n) is 10.7. The van der Waals surface area contributed by atoms with Gasteiger partial charge in [-0.2, -0.15) is 0 Å². The molecule has 0 saturated carbocycles. The number of rotatable bonds is 6. The van der Waals surface area contributed by atoms with Gasteiger partial charge in [-0.3, -0.25) is 19.3 Å². The van der Waals surface area contributed by atoms with Gasteiger partial charge in [0, 0.05) is 17.3 Å². The van der Waals surface area contributed by atoms with Crippen molar-refractivity contribution in [3.8, 4) is 11.3 Å². The molecule has 0 bridgehead atoms. The number of anilines is 1. The van der Waals surface area contributed by atoms with Crippen molar-refractivity contribution in [1.29, 1.82) is 0 Å². The van der Waals surface area contributed by atoms with Crippen LogP contribution in [-0.4, -0.2) is 41.6 Å². The lowest BCUT2D eigenvalue weighted by Crippen LogP contribution is -2.36. The van der Waals surface area contributed by atoms with Crippen LogP contribution in [-0.2, 0) is 14.3 Å². The smallest absolute Gasteiger partial charge is 0.337 e. The largest absolute Gasteiger partial charge is 0.465 e. The fourth-order valence-electron chi connectivity index (χ4n) is 3.53. The summed E-state index contributed by atoms with van der Waals surface area (Å²) in [4.78, 5) is 50.3. The Labute approximate surface area is 205 Å². The Morgan fingerprint density at radius 3 is 2.49 bits per heavy atom. The van der Waals surface area contributed by atoms with Crippen molar-refractivity contribution in [2.75, 3.05) is 19.0 Å². The van der Waals surface area contributed by atoms with Crippen LogP contribution in [0.4, 0.5) is 10.5 Å². The molecule has 3 amide bonds. The zero-order valence-corrected chi connectivity index (χ0v) is 20.1. The molecule has 3 aromatic rings. The van der Waals surface area contributed by atoms with E-state index in [1.807, 2.05) is 26.0 Å². The highest BCUT2D eigenvalue weighted by Gasteiger charge is 2.36. The minimum atomic E-state index is -0.559. The quantitative estimate of drug-likeness (QED) is 0.382. The Kier molecular flexibility index (Phi) is 6.88. The van der Waals surface area contributed by atoms with E-state index < -0.39 is 23.0 Å². The van der Waals surface area contributed by atoms with Crippen LogP contribution < -0.4 is 5.32 Å². The molecule has 0 unspecified atom stereocenters. The van der Waals surface area contributed by atoms with Crippen LogP contribution in [0.5, 0.6) is 0 Å². The summed E-state index contributed by atoms with van der Waals surface area (Å²) in [6.07, 6.45) is 1.47. The van der Waals surface area contributed by atoms with Crippen LogP contribution in [0.2, 0.25) is 0 Å². The summed E-state index contributed by atoms with van der Waals surface area (Å²) < 4.78 is 10.5. The van der Waals surface area contributed by atoms with E-state index in [0.717, 1.165) is 33.4 Å². The minimum absolute atomic E-state index is 0.163. The number of hydrogen-bond donors (Lipinski definition) is 1. The van der Waals surface area contributed by atoms with Gasteiger partial charge in [0.15, 0.2) is 0 Å². The van der Waals surface area contributed by atoms with Gasteiger partial charge in [-0.1, -0.05) is 29.8 Å². The second-order valence-corrected chi connectivity index (χ2v) is 8.90. The van der Waals surface area contributed by atoms with E-state index in [0.29, 0.717) is 22.8 Å². The van der Waals surface area contributed by atoms with Crippen molar-refractivity contribution in [1.82, 2.24) is 4.90 Å². The van der Waals surface area contributed by atoms with E-state index in [-0.39, 0.29) is 11.4 Å². The minimum Gasteiger partial charge on any atom is -0.465 e. The fourth-order valence-corrected chi connectivity index (χ4v) is 4.35. The molecule has 0 radical (unpaired) electrons.